The third kappa shape index (κ3) is 7.50. The van der Waals surface area contributed by atoms with Gasteiger partial charge in [-0.1, -0.05) is 95.5 Å². The number of halogens is 2. The molecule has 0 unspecified atom stereocenters. The lowest BCUT2D eigenvalue weighted by molar-refractivity contribution is -0.139. The molecule has 1 N–H and O–H groups in total. The number of anilines is 1. The number of rotatable bonds is 11. The Morgan fingerprint density at radius 1 is 0.810 bits per heavy atom. The molecule has 0 radical (unpaired) electrons. The van der Waals surface area contributed by atoms with E-state index in [1.54, 1.807) is 60.7 Å². The molecule has 0 fully saturated rings. The normalized spacial score (nSPS) is 11.9. The van der Waals surface area contributed by atoms with Crippen LogP contribution >= 0.6 is 23.2 Å². The Bertz CT molecular complexity index is 1630. The molecule has 1 atom stereocenters. The SMILES string of the molecule is CNC(=O)[C@@H](Cc1ccccc1)N(Cc1ccc(Cl)cc1)C(=O)CN(c1ccccc1Cl)S(=O)(=O)c1ccc(C)cc1. The number of para-hydroxylation sites is 1. The molecule has 0 saturated carbocycles. The minimum Gasteiger partial charge on any atom is -0.357 e. The van der Waals surface area contributed by atoms with Gasteiger partial charge in [0, 0.05) is 25.0 Å². The van der Waals surface area contributed by atoms with Gasteiger partial charge in [-0.2, -0.15) is 0 Å². The molecule has 4 aromatic rings. The topological polar surface area (TPSA) is 86.8 Å². The summed E-state index contributed by atoms with van der Waals surface area (Å²) in [5.74, 6) is -0.961. The van der Waals surface area contributed by atoms with Crippen LogP contribution in [0.15, 0.2) is 108 Å². The smallest absolute Gasteiger partial charge is 0.264 e. The van der Waals surface area contributed by atoms with Gasteiger partial charge in [0.2, 0.25) is 11.8 Å². The highest BCUT2D eigenvalue weighted by atomic mass is 35.5. The maximum atomic E-state index is 14.3. The van der Waals surface area contributed by atoms with Gasteiger partial charge in [-0.25, -0.2) is 8.42 Å². The highest BCUT2D eigenvalue weighted by Gasteiger charge is 2.35. The van der Waals surface area contributed by atoms with Crippen molar-refractivity contribution in [3.8, 4) is 0 Å². The van der Waals surface area contributed by atoms with Crippen LogP contribution in [0.25, 0.3) is 0 Å². The van der Waals surface area contributed by atoms with E-state index in [1.165, 1.54) is 24.1 Å². The lowest BCUT2D eigenvalue weighted by Gasteiger charge is -2.33. The van der Waals surface area contributed by atoms with Crippen LogP contribution in [0.5, 0.6) is 0 Å². The molecule has 0 aliphatic rings. The summed E-state index contributed by atoms with van der Waals surface area (Å²) in [5, 5.41) is 3.35. The van der Waals surface area contributed by atoms with Crippen molar-refractivity contribution in [2.24, 2.45) is 0 Å². The van der Waals surface area contributed by atoms with Crippen LogP contribution in [0.3, 0.4) is 0 Å². The van der Waals surface area contributed by atoms with Gasteiger partial charge in [0.1, 0.15) is 12.6 Å². The molecule has 218 valence electrons. The van der Waals surface area contributed by atoms with Crippen LogP contribution in [0, 0.1) is 6.92 Å². The average Bonchev–Trinajstić information content (AvgIpc) is 2.99. The zero-order valence-electron chi connectivity index (χ0n) is 23.2. The fraction of sp³-hybridized carbons (Fsp3) is 0.188. The summed E-state index contributed by atoms with van der Waals surface area (Å²) >= 11 is 12.6. The Morgan fingerprint density at radius 3 is 2.05 bits per heavy atom. The lowest BCUT2D eigenvalue weighted by atomic mass is 10.0. The molecule has 0 spiro atoms. The van der Waals surface area contributed by atoms with Crippen LogP contribution in [0.4, 0.5) is 5.69 Å². The highest BCUT2D eigenvalue weighted by molar-refractivity contribution is 7.92. The van der Waals surface area contributed by atoms with Gasteiger partial charge in [0.15, 0.2) is 0 Å². The van der Waals surface area contributed by atoms with Gasteiger partial charge in [-0.05, 0) is 54.4 Å². The first-order valence-corrected chi connectivity index (χ1v) is 15.4. The predicted octanol–water partition coefficient (Wildman–Crippen LogP) is 5.88. The van der Waals surface area contributed by atoms with E-state index in [0.717, 1.165) is 21.0 Å². The second-order valence-electron chi connectivity index (χ2n) is 9.74. The van der Waals surface area contributed by atoms with Crippen molar-refractivity contribution in [1.29, 1.82) is 0 Å². The molecule has 0 aliphatic heterocycles. The maximum Gasteiger partial charge on any atom is 0.264 e. The zero-order valence-corrected chi connectivity index (χ0v) is 25.5. The zero-order chi connectivity index (χ0) is 30.3. The third-order valence-corrected chi connectivity index (χ3v) is 9.14. The number of likely N-dealkylation sites (N-methyl/N-ethyl adjacent to an activating group) is 1. The Hall–Kier alpha value is -3.85. The summed E-state index contributed by atoms with van der Waals surface area (Å²) in [6.45, 7) is 1.31. The Kier molecular flexibility index (Phi) is 10.3. The first-order valence-electron chi connectivity index (χ1n) is 13.2. The van der Waals surface area contributed by atoms with Crippen molar-refractivity contribution < 1.29 is 18.0 Å². The number of nitrogens with one attached hydrogen (secondary N) is 1. The standard InChI is InChI=1S/C32H31Cl2N3O4S/c1-23-12-18-27(19-13-23)42(40,41)37(29-11-7-6-10-28(29)34)22-31(38)36(21-25-14-16-26(33)17-15-25)30(32(39)35-2)20-24-8-4-3-5-9-24/h3-19,30H,20-22H2,1-2H3,(H,35,39)/t30-/m1/s1. The van der Waals surface area contributed by atoms with Crippen molar-refractivity contribution in [2.45, 2.75) is 30.8 Å². The Balaban J connectivity index is 1.79. The number of amides is 2. The first kappa shape index (κ1) is 31.1. The number of sulfonamides is 1. The highest BCUT2D eigenvalue weighted by Crippen LogP contribution is 2.31. The molecular formula is C32H31Cl2N3O4S. The summed E-state index contributed by atoms with van der Waals surface area (Å²) in [5.41, 5.74) is 2.60. The second kappa shape index (κ2) is 13.9. The van der Waals surface area contributed by atoms with E-state index in [2.05, 4.69) is 5.32 Å². The van der Waals surface area contributed by atoms with Crippen LogP contribution in [-0.4, -0.2) is 44.8 Å². The molecule has 7 nitrogen and oxygen atoms in total. The number of hydrogen-bond acceptors (Lipinski definition) is 4. The van der Waals surface area contributed by atoms with Crippen molar-refractivity contribution >= 4 is 50.7 Å². The summed E-state index contributed by atoms with van der Waals surface area (Å²) in [4.78, 5) is 29.0. The monoisotopic (exact) mass is 623 g/mol. The number of carbonyl (C=O) groups excluding carboxylic acids is 2. The van der Waals surface area contributed by atoms with Crippen molar-refractivity contribution in [1.82, 2.24) is 10.2 Å². The largest absolute Gasteiger partial charge is 0.357 e. The number of aryl methyl sites for hydroxylation is 1. The van der Waals surface area contributed by atoms with E-state index in [9.17, 15) is 18.0 Å². The predicted molar refractivity (Wildman–Crippen MR) is 167 cm³/mol. The molecule has 10 heteroatoms. The first-order chi connectivity index (χ1) is 20.1. The maximum absolute atomic E-state index is 14.3. The molecule has 42 heavy (non-hydrogen) atoms. The molecule has 4 rings (SSSR count). The fourth-order valence-electron chi connectivity index (χ4n) is 4.51. The van der Waals surface area contributed by atoms with Gasteiger partial charge >= 0.3 is 0 Å². The minimum absolute atomic E-state index is 0.0113. The molecule has 4 aromatic carbocycles. The Labute approximate surface area is 256 Å². The molecule has 0 bridgehead atoms. The average molecular weight is 625 g/mol. The van der Waals surface area contributed by atoms with E-state index in [0.29, 0.717) is 5.02 Å². The van der Waals surface area contributed by atoms with Crippen molar-refractivity contribution in [3.05, 3.63) is 130 Å². The van der Waals surface area contributed by atoms with Crippen molar-refractivity contribution in [2.75, 3.05) is 17.9 Å². The number of benzene rings is 4. The van der Waals surface area contributed by atoms with Gasteiger partial charge in [-0.15, -0.1) is 0 Å². The number of nitrogens with zero attached hydrogens (tertiary/aromatic N) is 2. The molecule has 0 aromatic heterocycles. The third-order valence-electron chi connectivity index (χ3n) is 6.79. The van der Waals surface area contributed by atoms with Crippen molar-refractivity contribution in [3.63, 3.8) is 0 Å². The van der Waals surface area contributed by atoms with Crippen LogP contribution < -0.4 is 9.62 Å². The molecule has 0 aliphatic carbocycles. The van der Waals surface area contributed by atoms with E-state index >= 15 is 0 Å². The molecule has 0 saturated heterocycles. The van der Waals surface area contributed by atoms with Gasteiger partial charge < -0.3 is 10.2 Å². The summed E-state index contributed by atoms with van der Waals surface area (Å²) in [7, 11) is -2.72. The summed E-state index contributed by atoms with van der Waals surface area (Å²) in [6.07, 6.45) is 0.219. The van der Waals surface area contributed by atoms with E-state index in [-0.39, 0.29) is 34.5 Å². The summed E-state index contributed by atoms with van der Waals surface area (Å²) < 4.78 is 29.0. The van der Waals surface area contributed by atoms with Crippen LogP contribution in [-0.2, 0) is 32.6 Å². The Morgan fingerprint density at radius 2 is 1.43 bits per heavy atom. The molecule has 0 heterocycles. The lowest BCUT2D eigenvalue weighted by Crippen LogP contribution is -2.53. The number of carbonyl (C=O) groups is 2. The van der Waals surface area contributed by atoms with E-state index in [4.69, 9.17) is 23.2 Å². The van der Waals surface area contributed by atoms with Gasteiger partial charge in [-0.3, -0.25) is 13.9 Å². The van der Waals surface area contributed by atoms with Gasteiger partial charge in [0.25, 0.3) is 10.0 Å². The van der Waals surface area contributed by atoms with Gasteiger partial charge in [0.05, 0.1) is 15.6 Å². The minimum atomic E-state index is -4.23. The van der Waals surface area contributed by atoms with Crippen LogP contribution in [0.1, 0.15) is 16.7 Å². The summed E-state index contributed by atoms with van der Waals surface area (Å²) in [6, 6.07) is 28.1. The van der Waals surface area contributed by atoms with E-state index < -0.39 is 28.5 Å². The second-order valence-corrected chi connectivity index (χ2v) is 12.4. The molecule has 2 amide bonds. The number of hydrogen-bond donors (Lipinski definition) is 1. The van der Waals surface area contributed by atoms with Crippen LogP contribution in [0.2, 0.25) is 10.0 Å². The quantitative estimate of drug-likeness (QED) is 0.226. The van der Waals surface area contributed by atoms with E-state index in [1.807, 2.05) is 37.3 Å². The fourth-order valence-corrected chi connectivity index (χ4v) is 6.36. The molecular weight excluding hydrogens is 593 g/mol.